The lowest BCUT2D eigenvalue weighted by Gasteiger charge is -2.21. The van der Waals surface area contributed by atoms with Gasteiger partial charge in [0, 0.05) is 55.7 Å². The van der Waals surface area contributed by atoms with Crippen LogP contribution in [0.3, 0.4) is 0 Å². The molecule has 0 saturated carbocycles. The molecule has 36 heavy (non-hydrogen) atoms. The zero-order chi connectivity index (χ0) is 25.9. The lowest BCUT2D eigenvalue weighted by molar-refractivity contribution is -0.137. The summed E-state index contributed by atoms with van der Waals surface area (Å²) in [5.41, 5.74) is 2.20. The summed E-state index contributed by atoms with van der Waals surface area (Å²) in [4.78, 5) is 19.7. The first-order valence-corrected chi connectivity index (χ1v) is 11.2. The molecule has 2 N–H and O–H groups in total. The number of aromatic nitrogens is 4. The molecule has 4 rings (SSSR count). The van der Waals surface area contributed by atoms with E-state index in [1.165, 1.54) is 12.4 Å². The summed E-state index contributed by atoms with van der Waals surface area (Å²) in [5.74, 6) is 0.255. The first kappa shape index (κ1) is 24.9. The van der Waals surface area contributed by atoms with E-state index in [1.807, 2.05) is 51.5 Å². The summed E-state index contributed by atoms with van der Waals surface area (Å²) in [7, 11) is 6.11. The van der Waals surface area contributed by atoms with Crippen LogP contribution in [0.2, 0.25) is 0 Å². The summed E-state index contributed by atoms with van der Waals surface area (Å²) in [6.45, 7) is 2.28. The molecule has 11 heteroatoms. The first-order chi connectivity index (χ1) is 17.2. The molecule has 3 heterocycles. The van der Waals surface area contributed by atoms with E-state index in [-0.39, 0.29) is 28.2 Å². The quantitative estimate of drug-likeness (QED) is 0.372. The van der Waals surface area contributed by atoms with Crippen LogP contribution in [-0.2, 0) is 12.7 Å². The zero-order valence-electron chi connectivity index (χ0n) is 20.1. The van der Waals surface area contributed by atoms with Gasteiger partial charge >= 0.3 is 6.18 Å². The van der Waals surface area contributed by atoms with Gasteiger partial charge in [-0.3, -0.25) is 0 Å². The third-order valence-electron chi connectivity index (χ3n) is 5.73. The Balaban J connectivity index is 1.54. The Bertz CT molecular complexity index is 1390. The predicted molar refractivity (Wildman–Crippen MR) is 132 cm³/mol. The van der Waals surface area contributed by atoms with Gasteiger partial charge in [0.2, 0.25) is 5.95 Å². The number of hydrogen-bond acceptors (Lipinski definition) is 7. The van der Waals surface area contributed by atoms with Crippen molar-refractivity contribution in [1.82, 2.24) is 24.8 Å². The Morgan fingerprint density at radius 3 is 2.47 bits per heavy atom. The number of nitriles is 1. The fourth-order valence-corrected chi connectivity index (χ4v) is 3.64. The molecule has 0 spiro atoms. The number of aromatic amines is 1. The second-order valence-corrected chi connectivity index (χ2v) is 8.63. The van der Waals surface area contributed by atoms with Gasteiger partial charge in [-0.15, -0.1) is 0 Å². The molecule has 0 atom stereocenters. The van der Waals surface area contributed by atoms with Gasteiger partial charge in [-0.05, 0) is 37.9 Å². The molecule has 4 aromatic rings. The van der Waals surface area contributed by atoms with E-state index in [2.05, 4.69) is 35.1 Å². The Labute approximate surface area is 206 Å². The maximum absolute atomic E-state index is 13.2. The van der Waals surface area contributed by atoms with Gasteiger partial charge in [-0.1, -0.05) is 12.1 Å². The van der Waals surface area contributed by atoms with E-state index < -0.39 is 11.7 Å². The average Bonchev–Trinajstić information content (AvgIpc) is 3.29. The first-order valence-electron chi connectivity index (χ1n) is 11.2. The van der Waals surface area contributed by atoms with Gasteiger partial charge in [-0.2, -0.15) is 18.4 Å². The molecule has 0 amide bonds. The fourth-order valence-electron chi connectivity index (χ4n) is 3.64. The van der Waals surface area contributed by atoms with Crippen LogP contribution in [-0.4, -0.2) is 59.1 Å². The van der Waals surface area contributed by atoms with E-state index in [1.54, 1.807) is 0 Å². The minimum atomic E-state index is -4.54. The van der Waals surface area contributed by atoms with Crippen LogP contribution in [0, 0.1) is 11.3 Å². The summed E-state index contributed by atoms with van der Waals surface area (Å²) in [5, 5.41) is 12.9. The van der Waals surface area contributed by atoms with Crippen molar-refractivity contribution in [3.8, 4) is 17.3 Å². The monoisotopic (exact) mass is 494 g/mol. The van der Waals surface area contributed by atoms with Crippen molar-refractivity contribution in [1.29, 1.82) is 5.26 Å². The van der Waals surface area contributed by atoms with Gasteiger partial charge in [-0.25, -0.2) is 15.0 Å². The normalized spacial score (nSPS) is 11.6. The number of alkyl halides is 3. The van der Waals surface area contributed by atoms with E-state index >= 15 is 0 Å². The Hall–Kier alpha value is -4.17. The van der Waals surface area contributed by atoms with Crippen molar-refractivity contribution < 1.29 is 13.2 Å². The van der Waals surface area contributed by atoms with Crippen molar-refractivity contribution in [2.45, 2.75) is 12.7 Å². The number of hydrogen-bond donors (Lipinski definition) is 2. The largest absolute Gasteiger partial charge is 0.417 e. The van der Waals surface area contributed by atoms with E-state index in [0.29, 0.717) is 12.1 Å². The molecule has 3 aromatic heterocycles. The molecule has 0 fully saturated rings. The molecular weight excluding hydrogens is 469 g/mol. The highest BCUT2D eigenvalue weighted by Gasteiger charge is 2.31. The minimum Gasteiger partial charge on any atom is -0.373 e. The third-order valence-corrected chi connectivity index (χ3v) is 5.73. The Kier molecular flexibility index (Phi) is 7.07. The predicted octanol–water partition coefficient (Wildman–Crippen LogP) is 4.52. The molecule has 0 saturated heterocycles. The van der Waals surface area contributed by atoms with Crippen LogP contribution >= 0.6 is 0 Å². The number of nitrogens with one attached hydrogen (secondary N) is 2. The minimum absolute atomic E-state index is 0.143. The number of halogens is 3. The summed E-state index contributed by atoms with van der Waals surface area (Å²) in [6.07, 6.45) is -0.918. The number of likely N-dealkylation sites (N-methyl/N-ethyl adjacent to an activating group) is 2. The lowest BCUT2D eigenvalue weighted by Crippen LogP contribution is -2.28. The van der Waals surface area contributed by atoms with E-state index in [0.717, 1.165) is 36.6 Å². The van der Waals surface area contributed by atoms with Gasteiger partial charge < -0.3 is 20.1 Å². The van der Waals surface area contributed by atoms with Gasteiger partial charge in [0.15, 0.2) is 0 Å². The number of nitrogens with zero attached hydrogens (tertiary/aromatic N) is 6. The number of rotatable bonds is 8. The Morgan fingerprint density at radius 1 is 1.06 bits per heavy atom. The van der Waals surface area contributed by atoms with Crippen molar-refractivity contribution in [3.05, 3.63) is 65.6 Å². The van der Waals surface area contributed by atoms with Crippen molar-refractivity contribution >= 4 is 22.7 Å². The Morgan fingerprint density at radius 2 is 1.81 bits per heavy atom. The molecule has 0 radical (unpaired) electrons. The van der Waals surface area contributed by atoms with Crippen LogP contribution in [0.25, 0.3) is 22.3 Å². The van der Waals surface area contributed by atoms with Crippen LogP contribution in [0.5, 0.6) is 0 Å². The van der Waals surface area contributed by atoms with Crippen molar-refractivity contribution in [3.63, 3.8) is 0 Å². The maximum Gasteiger partial charge on any atom is 0.417 e. The molecule has 8 nitrogen and oxygen atoms in total. The van der Waals surface area contributed by atoms with E-state index in [9.17, 15) is 18.4 Å². The van der Waals surface area contributed by atoms with E-state index in [4.69, 9.17) is 0 Å². The molecule has 0 aliphatic heterocycles. The van der Waals surface area contributed by atoms with Gasteiger partial charge in [0.05, 0.1) is 23.0 Å². The molecule has 186 valence electrons. The number of pyridine rings is 1. The number of H-pyrrole nitrogens is 1. The highest BCUT2D eigenvalue weighted by atomic mass is 19.4. The van der Waals surface area contributed by atoms with Crippen LogP contribution in [0.1, 0.15) is 16.7 Å². The SMILES string of the molecule is CN(C)CCN(C)c1ccc(CNc2ncc(C#N)c(-c3c[nH]c4ncc(C(F)(F)F)cc34)n2)cc1. The molecule has 0 unspecified atom stereocenters. The van der Waals surface area contributed by atoms with Crippen LogP contribution < -0.4 is 10.2 Å². The second kappa shape index (κ2) is 10.2. The lowest BCUT2D eigenvalue weighted by atomic mass is 10.1. The molecule has 0 aliphatic rings. The van der Waals surface area contributed by atoms with Crippen LogP contribution in [0.4, 0.5) is 24.8 Å². The molecule has 0 aliphatic carbocycles. The van der Waals surface area contributed by atoms with Crippen molar-refractivity contribution in [2.75, 3.05) is 44.4 Å². The van der Waals surface area contributed by atoms with Gasteiger partial charge in [0.1, 0.15) is 11.7 Å². The number of benzene rings is 1. The molecule has 0 bridgehead atoms. The van der Waals surface area contributed by atoms with Crippen molar-refractivity contribution in [2.24, 2.45) is 0 Å². The summed E-state index contributed by atoms with van der Waals surface area (Å²) in [6, 6.07) is 11.1. The summed E-state index contributed by atoms with van der Waals surface area (Å²) >= 11 is 0. The number of anilines is 2. The standard InChI is InChI=1S/C25H25F3N8/c1-35(2)8-9-36(3)19-6-4-16(5-7-19)12-32-24-33-13-17(11-29)22(34-24)21-15-31-23-20(21)10-18(14-30-23)25(26,27)28/h4-7,10,13-15H,8-9,12H2,1-3H3,(H,30,31)(H,32,33,34). The molecular formula is C25H25F3N8. The van der Waals surface area contributed by atoms with Gasteiger partial charge in [0.25, 0.3) is 0 Å². The maximum atomic E-state index is 13.2. The summed E-state index contributed by atoms with van der Waals surface area (Å²) < 4.78 is 39.7. The highest BCUT2D eigenvalue weighted by molar-refractivity contribution is 5.94. The number of fused-ring (bicyclic) bond motifs is 1. The highest BCUT2D eigenvalue weighted by Crippen LogP contribution is 2.34. The zero-order valence-corrected chi connectivity index (χ0v) is 20.1. The second-order valence-electron chi connectivity index (χ2n) is 8.63. The third kappa shape index (κ3) is 5.55. The fraction of sp³-hybridized carbons (Fsp3) is 0.280. The topological polar surface area (TPSA) is 96.8 Å². The smallest absolute Gasteiger partial charge is 0.373 e. The van der Waals surface area contributed by atoms with Crippen LogP contribution in [0.15, 0.2) is 48.9 Å². The molecule has 1 aromatic carbocycles. The average molecular weight is 495 g/mol.